The number of para-hydroxylation sites is 1. The van der Waals surface area contributed by atoms with E-state index in [0.29, 0.717) is 23.6 Å². The van der Waals surface area contributed by atoms with Crippen molar-refractivity contribution < 1.29 is 18.0 Å². The van der Waals surface area contributed by atoms with Crippen molar-refractivity contribution in [1.29, 1.82) is 0 Å². The van der Waals surface area contributed by atoms with Crippen molar-refractivity contribution >= 4 is 44.8 Å². The molecule has 0 atom stereocenters. The number of amides is 2. The van der Waals surface area contributed by atoms with Gasteiger partial charge in [-0.3, -0.25) is 13.9 Å². The van der Waals surface area contributed by atoms with E-state index in [9.17, 15) is 18.0 Å². The van der Waals surface area contributed by atoms with Gasteiger partial charge < -0.3 is 10.6 Å². The van der Waals surface area contributed by atoms with Gasteiger partial charge >= 0.3 is 0 Å². The minimum atomic E-state index is -4.11. The van der Waals surface area contributed by atoms with Crippen LogP contribution in [-0.2, 0) is 21.2 Å². The smallest absolute Gasteiger partial charge is 0.264 e. The number of benzene rings is 4. The maximum absolute atomic E-state index is 13.6. The van der Waals surface area contributed by atoms with Crippen LogP contribution in [0.3, 0.4) is 0 Å². The summed E-state index contributed by atoms with van der Waals surface area (Å²) in [6.07, 6.45) is 0.659. The molecule has 0 fully saturated rings. The fraction of sp³-hybridized carbons (Fsp3) is 0.133. The molecule has 39 heavy (non-hydrogen) atoms. The minimum absolute atomic E-state index is 0.0374. The normalized spacial score (nSPS) is 11.0. The molecule has 0 aliphatic heterocycles. The minimum Gasteiger partial charge on any atom is -0.352 e. The average molecular weight is 562 g/mol. The van der Waals surface area contributed by atoms with Crippen molar-refractivity contribution in [1.82, 2.24) is 5.32 Å². The van der Waals surface area contributed by atoms with E-state index in [1.165, 1.54) is 12.1 Å². The van der Waals surface area contributed by atoms with Crippen LogP contribution in [0.1, 0.15) is 21.5 Å². The van der Waals surface area contributed by atoms with Crippen LogP contribution in [0, 0.1) is 6.92 Å². The van der Waals surface area contributed by atoms with Gasteiger partial charge in [-0.2, -0.15) is 0 Å². The lowest BCUT2D eigenvalue weighted by Crippen LogP contribution is -2.39. The Morgan fingerprint density at radius 3 is 2.18 bits per heavy atom. The van der Waals surface area contributed by atoms with E-state index in [4.69, 9.17) is 11.6 Å². The number of rotatable bonds is 10. The van der Waals surface area contributed by atoms with Crippen molar-refractivity contribution in [2.45, 2.75) is 18.2 Å². The van der Waals surface area contributed by atoms with Gasteiger partial charge in [0.05, 0.1) is 21.8 Å². The third-order valence-electron chi connectivity index (χ3n) is 6.11. The van der Waals surface area contributed by atoms with Gasteiger partial charge in [0, 0.05) is 11.6 Å². The highest BCUT2D eigenvalue weighted by Crippen LogP contribution is 2.31. The standard InChI is InChI=1S/C30H28ClN3O4S/c1-22-26(31)16-10-18-28(22)34(39(37,38)24-13-6-3-7-14-24)21-29(35)33-27-17-9-8-15-25(27)30(36)32-20-19-23-11-4-2-5-12-23/h2-18H,19-21H2,1H3,(H,32,36)(H,33,35). The fourth-order valence-corrected chi connectivity index (χ4v) is 5.73. The zero-order valence-electron chi connectivity index (χ0n) is 21.3. The number of carbonyl (C=O) groups excluding carboxylic acids is 2. The molecule has 4 aromatic rings. The molecule has 7 nitrogen and oxygen atoms in total. The first-order valence-corrected chi connectivity index (χ1v) is 14.1. The summed E-state index contributed by atoms with van der Waals surface area (Å²) in [5.74, 6) is -0.959. The lowest BCUT2D eigenvalue weighted by atomic mass is 10.1. The highest BCUT2D eigenvalue weighted by Gasteiger charge is 2.29. The van der Waals surface area contributed by atoms with E-state index in [2.05, 4.69) is 10.6 Å². The quantitative estimate of drug-likeness (QED) is 0.269. The third-order valence-corrected chi connectivity index (χ3v) is 8.30. The van der Waals surface area contributed by atoms with Crippen LogP contribution in [0.4, 0.5) is 11.4 Å². The number of nitrogens with zero attached hydrogens (tertiary/aromatic N) is 1. The molecule has 2 amide bonds. The topological polar surface area (TPSA) is 95.6 Å². The largest absolute Gasteiger partial charge is 0.352 e. The molecule has 0 saturated carbocycles. The number of hydrogen-bond acceptors (Lipinski definition) is 4. The summed E-state index contributed by atoms with van der Waals surface area (Å²) in [6.45, 7) is 1.59. The Balaban J connectivity index is 1.54. The maximum atomic E-state index is 13.6. The summed E-state index contributed by atoms with van der Waals surface area (Å²) in [5, 5.41) is 5.97. The van der Waals surface area contributed by atoms with Crippen LogP contribution >= 0.6 is 11.6 Å². The van der Waals surface area contributed by atoms with E-state index in [1.54, 1.807) is 67.6 Å². The Hall–Kier alpha value is -4.14. The van der Waals surface area contributed by atoms with Crippen LogP contribution < -0.4 is 14.9 Å². The van der Waals surface area contributed by atoms with Crippen molar-refractivity contribution in [2.24, 2.45) is 0 Å². The highest BCUT2D eigenvalue weighted by molar-refractivity contribution is 7.92. The summed E-state index contributed by atoms with van der Waals surface area (Å²) in [7, 11) is -4.11. The van der Waals surface area contributed by atoms with Crippen LogP contribution in [0.2, 0.25) is 5.02 Å². The first-order chi connectivity index (χ1) is 18.8. The number of sulfonamides is 1. The number of anilines is 2. The summed E-state index contributed by atoms with van der Waals surface area (Å²) in [5.41, 5.74) is 2.45. The van der Waals surface area contributed by atoms with Gasteiger partial charge in [0.15, 0.2) is 0 Å². The van der Waals surface area contributed by atoms with Gasteiger partial charge in [-0.05, 0) is 60.9 Å². The summed E-state index contributed by atoms with van der Waals surface area (Å²) in [6, 6.07) is 29.1. The Labute approximate surface area is 233 Å². The van der Waals surface area contributed by atoms with E-state index in [1.807, 2.05) is 30.3 Å². The van der Waals surface area contributed by atoms with Crippen molar-refractivity contribution in [3.8, 4) is 0 Å². The number of carbonyl (C=O) groups is 2. The molecule has 4 rings (SSSR count). The van der Waals surface area contributed by atoms with Crippen molar-refractivity contribution in [3.05, 3.63) is 125 Å². The molecule has 2 N–H and O–H groups in total. The second-order valence-corrected chi connectivity index (χ2v) is 11.1. The van der Waals surface area contributed by atoms with E-state index in [-0.39, 0.29) is 27.7 Å². The predicted molar refractivity (Wildman–Crippen MR) is 155 cm³/mol. The lowest BCUT2D eigenvalue weighted by molar-refractivity contribution is -0.114. The molecule has 0 aliphatic rings. The lowest BCUT2D eigenvalue weighted by Gasteiger charge is -2.26. The second kappa shape index (κ2) is 12.6. The third kappa shape index (κ3) is 6.85. The van der Waals surface area contributed by atoms with E-state index >= 15 is 0 Å². The Morgan fingerprint density at radius 1 is 0.821 bits per heavy atom. The SMILES string of the molecule is Cc1c(Cl)cccc1N(CC(=O)Nc1ccccc1C(=O)NCCc1ccccc1)S(=O)(=O)c1ccccc1. The molecule has 4 aromatic carbocycles. The average Bonchev–Trinajstić information content (AvgIpc) is 2.94. The predicted octanol–water partition coefficient (Wildman–Crippen LogP) is 5.45. The van der Waals surface area contributed by atoms with Crippen molar-refractivity contribution in [2.75, 3.05) is 22.7 Å². The molecule has 0 unspecified atom stereocenters. The molecule has 9 heteroatoms. The molecule has 0 heterocycles. The van der Waals surface area contributed by atoms with Crippen LogP contribution in [0.15, 0.2) is 108 Å². The Bertz CT molecular complexity index is 1560. The molecule has 0 spiro atoms. The summed E-state index contributed by atoms with van der Waals surface area (Å²) >= 11 is 6.29. The van der Waals surface area contributed by atoms with Gasteiger partial charge in [0.25, 0.3) is 15.9 Å². The van der Waals surface area contributed by atoms with E-state index < -0.39 is 22.5 Å². The van der Waals surface area contributed by atoms with Crippen molar-refractivity contribution in [3.63, 3.8) is 0 Å². The first-order valence-electron chi connectivity index (χ1n) is 12.3. The highest BCUT2D eigenvalue weighted by atomic mass is 35.5. The van der Waals surface area contributed by atoms with Crippen LogP contribution in [-0.4, -0.2) is 33.3 Å². The first kappa shape index (κ1) is 27.9. The van der Waals surface area contributed by atoms with Gasteiger partial charge in [0.1, 0.15) is 6.54 Å². The molecule has 0 aliphatic carbocycles. The molecule has 0 aromatic heterocycles. The molecule has 200 valence electrons. The van der Waals surface area contributed by atoms with Gasteiger partial charge in [-0.25, -0.2) is 8.42 Å². The molecular formula is C30H28ClN3O4S. The molecule has 0 radical (unpaired) electrons. The van der Waals surface area contributed by atoms with E-state index in [0.717, 1.165) is 9.87 Å². The maximum Gasteiger partial charge on any atom is 0.264 e. The van der Waals surface area contributed by atoms with Crippen LogP contribution in [0.25, 0.3) is 0 Å². The van der Waals surface area contributed by atoms with Gasteiger partial charge in [0.2, 0.25) is 5.91 Å². The second-order valence-electron chi connectivity index (χ2n) is 8.79. The zero-order chi connectivity index (χ0) is 27.8. The fourth-order valence-electron chi connectivity index (χ4n) is 4.06. The van der Waals surface area contributed by atoms with Gasteiger partial charge in [-0.15, -0.1) is 0 Å². The number of hydrogen-bond donors (Lipinski definition) is 2. The van der Waals surface area contributed by atoms with Gasteiger partial charge in [-0.1, -0.05) is 78.3 Å². The monoisotopic (exact) mass is 561 g/mol. The Morgan fingerprint density at radius 2 is 1.46 bits per heavy atom. The summed E-state index contributed by atoms with van der Waals surface area (Å²) < 4.78 is 28.3. The summed E-state index contributed by atoms with van der Waals surface area (Å²) in [4.78, 5) is 26.2. The zero-order valence-corrected chi connectivity index (χ0v) is 22.9. The molecule has 0 bridgehead atoms. The molecule has 0 saturated heterocycles. The Kier molecular flexibility index (Phi) is 9.01. The number of nitrogens with one attached hydrogen (secondary N) is 2. The number of halogens is 1. The molecular weight excluding hydrogens is 534 g/mol. The van der Waals surface area contributed by atoms with Crippen LogP contribution in [0.5, 0.6) is 0 Å².